The van der Waals surface area contributed by atoms with Crippen LogP contribution in [-0.4, -0.2) is 62.6 Å². The highest BCUT2D eigenvalue weighted by molar-refractivity contribution is 5.88. The Hall–Kier alpha value is -2.87. The lowest BCUT2D eigenvalue weighted by Gasteiger charge is -2.27. The number of nitrogens with one attached hydrogen (secondary N) is 2. The predicted molar refractivity (Wildman–Crippen MR) is 98.4 cm³/mol. The Morgan fingerprint density at radius 2 is 2.04 bits per heavy atom. The number of para-hydroxylation sites is 1. The van der Waals surface area contributed by atoms with Gasteiger partial charge in [-0.25, -0.2) is 4.79 Å². The van der Waals surface area contributed by atoms with E-state index in [-0.39, 0.29) is 12.3 Å². The number of fused-ring (bicyclic) bond motifs is 1. The Morgan fingerprint density at radius 3 is 2.74 bits per heavy atom. The van der Waals surface area contributed by atoms with E-state index in [0.717, 1.165) is 16.5 Å². The lowest BCUT2D eigenvalue weighted by molar-refractivity contribution is -0.149. The van der Waals surface area contributed by atoms with Crippen LogP contribution in [0.25, 0.3) is 10.9 Å². The number of rotatable bonds is 7. The van der Waals surface area contributed by atoms with Gasteiger partial charge < -0.3 is 20.1 Å². The number of carbonyl (C=O) groups excluding carboxylic acids is 1. The van der Waals surface area contributed by atoms with E-state index in [1.165, 1.54) is 4.90 Å². The van der Waals surface area contributed by atoms with Crippen LogP contribution in [0.5, 0.6) is 0 Å². The molecule has 0 bridgehead atoms. The molecule has 1 unspecified atom stereocenters. The van der Waals surface area contributed by atoms with Crippen molar-refractivity contribution in [1.82, 2.24) is 15.2 Å². The number of amides is 1. The zero-order valence-corrected chi connectivity index (χ0v) is 15.0. The van der Waals surface area contributed by atoms with Gasteiger partial charge in [-0.05, 0) is 31.4 Å². The average Bonchev–Trinajstić information content (AvgIpc) is 3.27. The first-order valence-corrected chi connectivity index (χ1v) is 8.95. The first-order chi connectivity index (χ1) is 12.9. The standard InChI is InChI=1S/C19H23N3O5/c1-11(17(23)22-8-4-7-16(22)19(26)27)21-15(18(24)25)9-12-10-20-14-6-3-2-5-13(12)14/h2-3,5-6,10-11,15-16,20-21H,4,7-9H2,1H3,(H,24,25)(H,26,27)/t11-,15?,16-/m0/s1. The van der Waals surface area contributed by atoms with Crippen molar-refractivity contribution in [3.8, 4) is 0 Å². The van der Waals surface area contributed by atoms with Gasteiger partial charge in [-0.3, -0.25) is 14.9 Å². The first kappa shape index (κ1) is 18.9. The summed E-state index contributed by atoms with van der Waals surface area (Å²) in [4.78, 5) is 40.1. The number of nitrogens with zero attached hydrogens (tertiary/aromatic N) is 1. The van der Waals surface area contributed by atoms with Crippen molar-refractivity contribution in [2.75, 3.05) is 6.54 Å². The number of aromatic nitrogens is 1. The fraction of sp³-hybridized carbons (Fsp3) is 0.421. The summed E-state index contributed by atoms with van der Waals surface area (Å²) in [5.41, 5.74) is 1.76. The third-order valence-electron chi connectivity index (χ3n) is 5.04. The van der Waals surface area contributed by atoms with Crippen LogP contribution in [-0.2, 0) is 20.8 Å². The summed E-state index contributed by atoms with van der Waals surface area (Å²) in [6.45, 7) is 1.95. The second kappa shape index (κ2) is 7.79. The van der Waals surface area contributed by atoms with E-state index in [1.54, 1.807) is 13.1 Å². The van der Waals surface area contributed by atoms with E-state index in [9.17, 15) is 24.6 Å². The molecule has 3 atom stereocenters. The maximum absolute atomic E-state index is 12.6. The van der Waals surface area contributed by atoms with Gasteiger partial charge in [0.1, 0.15) is 12.1 Å². The van der Waals surface area contributed by atoms with Gasteiger partial charge in [0.25, 0.3) is 0 Å². The van der Waals surface area contributed by atoms with Gasteiger partial charge in [-0.15, -0.1) is 0 Å². The number of H-pyrrole nitrogens is 1. The van der Waals surface area contributed by atoms with Crippen molar-refractivity contribution < 1.29 is 24.6 Å². The molecule has 0 spiro atoms. The van der Waals surface area contributed by atoms with Crippen LogP contribution in [0.4, 0.5) is 0 Å². The van der Waals surface area contributed by atoms with E-state index < -0.39 is 30.1 Å². The molecular formula is C19H23N3O5. The summed E-state index contributed by atoms with van der Waals surface area (Å²) in [6, 6.07) is 5.01. The van der Waals surface area contributed by atoms with Crippen LogP contribution in [0.3, 0.4) is 0 Å². The van der Waals surface area contributed by atoms with Gasteiger partial charge in [-0.1, -0.05) is 18.2 Å². The number of aliphatic carboxylic acids is 2. The molecule has 1 fully saturated rings. The van der Waals surface area contributed by atoms with Crippen molar-refractivity contribution in [3.63, 3.8) is 0 Å². The van der Waals surface area contributed by atoms with Gasteiger partial charge >= 0.3 is 11.9 Å². The molecule has 1 saturated heterocycles. The molecule has 8 nitrogen and oxygen atoms in total. The number of carboxylic acid groups (broad SMARTS) is 2. The SMILES string of the molecule is C[C@H](NC(Cc1c[nH]c2ccccc12)C(=O)O)C(=O)N1CCC[C@H]1C(=O)O. The van der Waals surface area contributed by atoms with Crippen molar-refractivity contribution in [3.05, 3.63) is 36.0 Å². The smallest absolute Gasteiger partial charge is 0.326 e. The number of hydrogen-bond donors (Lipinski definition) is 4. The number of benzene rings is 1. The number of carboxylic acids is 2. The van der Waals surface area contributed by atoms with Gasteiger partial charge in [-0.2, -0.15) is 0 Å². The monoisotopic (exact) mass is 373 g/mol. The van der Waals surface area contributed by atoms with E-state index in [4.69, 9.17) is 0 Å². The topological polar surface area (TPSA) is 123 Å². The minimum absolute atomic E-state index is 0.208. The Bertz CT molecular complexity index is 862. The normalized spacial score (nSPS) is 19.1. The molecule has 0 saturated carbocycles. The molecule has 144 valence electrons. The second-order valence-corrected chi connectivity index (χ2v) is 6.87. The molecule has 2 heterocycles. The minimum atomic E-state index is -1.06. The summed E-state index contributed by atoms with van der Waals surface area (Å²) < 4.78 is 0. The maximum atomic E-state index is 12.6. The Labute approximate surface area is 156 Å². The summed E-state index contributed by atoms with van der Waals surface area (Å²) in [6.07, 6.45) is 3.04. The Balaban J connectivity index is 1.71. The van der Waals surface area contributed by atoms with Gasteiger partial charge in [0.2, 0.25) is 5.91 Å². The van der Waals surface area contributed by atoms with Crippen molar-refractivity contribution in [1.29, 1.82) is 0 Å². The summed E-state index contributed by atoms with van der Waals surface area (Å²) in [7, 11) is 0. The molecule has 1 aromatic carbocycles. The molecule has 1 aromatic heterocycles. The minimum Gasteiger partial charge on any atom is -0.480 e. The second-order valence-electron chi connectivity index (χ2n) is 6.87. The quantitative estimate of drug-likeness (QED) is 0.579. The maximum Gasteiger partial charge on any atom is 0.326 e. The third-order valence-corrected chi connectivity index (χ3v) is 5.04. The van der Waals surface area contributed by atoms with Crippen molar-refractivity contribution >= 4 is 28.7 Å². The molecule has 1 amide bonds. The van der Waals surface area contributed by atoms with Crippen LogP contribution in [0.15, 0.2) is 30.5 Å². The summed E-state index contributed by atoms with van der Waals surface area (Å²) in [5.74, 6) is -2.47. The molecule has 1 aliphatic rings. The van der Waals surface area contributed by atoms with Gasteiger partial charge in [0, 0.05) is 30.1 Å². The molecule has 1 aliphatic heterocycles. The average molecular weight is 373 g/mol. The molecule has 4 N–H and O–H groups in total. The number of hydrogen-bond acceptors (Lipinski definition) is 4. The fourth-order valence-electron chi connectivity index (χ4n) is 3.65. The molecule has 2 aromatic rings. The van der Waals surface area contributed by atoms with E-state index in [1.807, 2.05) is 24.3 Å². The number of likely N-dealkylation sites (tertiary alicyclic amines) is 1. The number of carbonyl (C=O) groups is 3. The lowest BCUT2D eigenvalue weighted by Crippen LogP contribution is -2.53. The van der Waals surface area contributed by atoms with Gasteiger partial charge in [0.05, 0.1) is 6.04 Å². The highest BCUT2D eigenvalue weighted by Crippen LogP contribution is 2.21. The molecular weight excluding hydrogens is 350 g/mol. The van der Waals surface area contributed by atoms with Gasteiger partial charge in [0.15, 0.2) is 0 Å². The molecule has 8 heteroatoms. The zero-order valence-electron chi connectivity index (χ0n) is 15.0. The summed E-state index contributed by atoms with van der Waals surface area (Å²) >= 11 is 0. The largest absolute Gasteiger partial charge is 0.480 e. The first-order valence-electron chi connectivity index (χ1n) is 8.95. The van der Waals surface area contributed by atoms with Crippen LogP contribution in [0.2, 0.25) is 0 Å². The van der Waals surface area contributed by atoms with Crippen molar-refractivity contribution in [2.45, 2.75) is 44.3 Å². The Kier molecular flexibility index (Phi) is 5.46. The van der Waals surface area contributed by atoms with Crippen LogP contribution < -0.4 is 5.32 Å². The third kappa shape index (κ3) is 3.95. The van der Waals surface area contributed by atoms with E-state index in [2.05, 4.69) is 10.3 Å². The number of aromatic amines is 1. The predicted octanol–water partition coefficient (Wildman–Crippen LogP) is 1.22. The van der Waals surface area contributed by atoms with Crippen LogP contribution >= 0.6 is 0 Å². The van der Waals surface area contributed by atoms with E-state index >= 15 is 0 Å². The summed E-state index contributed by atoms with van der Waals surface area (Å²) in [5, 5.41) is 22.6. The van der Waals surface area contributed by atoms with Crippen LogP contribution in [0.1, 0.15) is 25.3 Å². The molecule has 3 rings (SSSR count). The van der Waals surface area contributed by atoms with E-state index in [0.29, 0.717) is 19.4 Å². The fourth-order valence-corrected chi connectivity index (χ4v) is 3.65. The zero-order chi connectivity index (χ0) is 19.6. The highest BCUT2D eigenvalue weighted by Gasteiger charge is 2.36. The lowest BCUT2D eigenvalue weighted by atomic mass is 10.0. The molecule has 0 aliphatic carbocycles. The molecule has 27 heavy (non-hydrogen) atoms. The Morgan fingerprint density at radius 1 is 1.30 bits per heavy atom. The van der Waals surface area contributed by atoms with Crippen molar-refractivity contribution in [2.24, 2.45) is 0 Å². The highest BCUT2D eigenvalue weighted by atomic mass is 16.4. The molecule has 0 radical (unpaired) electrons. The van der Waals surface area contributed by atoms with Crippen LogP contribution in [0, 0.1) is 0 Å².